The van der Waals surface area contributed by atoms with Gasteiger partial charge in [0.2, 0.25) is 0 Å². The summed E-state index contributed by atoms with van der Waals surface area (Å²) in [5, 5.41) is 0. The van der Waals surface area contributed by atoms with E-state index in [-0.39, 0.29) is 18.9 Å². The molecule has 0 aliphatic heterocycles. The third-order valence-electron chi connectivity index (χ3n) is 1.76. The molecular formula is C9H20LiNO. The van der Waals surface area contributed by atoms with Crippen LogP contribution in [0.1, 0.15) is 26.7 Å². The molecule has 0 N–H and O–H groups in total. The van der Waals surface area contributed by atoms with Crippen molar-refractivity contribution in [2.75, 3.05) is 20.7 Å². The molecule has 0 rings (SSSR count). The van der Waals surface area contributed by atoms with Crippen LogP contribution < -0.4 is 18.9 Å². The minimum Gasteiger partial charge on any atom is -0.552 e. The predicted octanol–water partition coefficient (Wildman–Crippen LogP) is -1.08. The van der Waals surface area contributed by atoms with Crippen LogP contribution in [0.25, 0.3) is 0 Å². The van der Waals surface area contributed by atoms with Crippen molar-refractivity contribution in [3.8, 4) is 0 Å². The van der Waals surface area contributed by atoms with E-state index in [2.05, 4.69) is 32.8 Å². The van der Waals surface area contributed by atoms with Crippen LogP contribution in [0.15, 0.2) is 0 Å². The minimum absolute atomic E-state index is 0. The Kier molecular flexibility index (Phi) is 12.0. The summed E-state index contributed by atoms with van der Waals surface area (Å²) >= 11 is 0. The average Bonchev–Trinajstić information content (AvgIpc) is 1.97. The second kappa shape index (κ2) is 9.60. The topological polar surface area (TPSA) is 12.5 Å². The first-order valence-electron chi connectivity index (χ1n) is 4.28. The van der Waals surface area contributed by atoms with Gasteiger partial charge in [-0.05, 0) is 26.6 Å². The van der Waals surface area contributed by atoms with E-state index in [4.69, 9.17) is 4.74 Å². The Balaban J connectivity index is 0. The van der Waals surface area contributed by atoms with Crippen molar-refractivity contribution in [3.63, 3.8) is 0 Å². The van der Waals surface area contributed by atoms with Gasteiger partial charge >= 0.3 is 18.9 Å². The van der Waals surface area contributed by atoms with Gasteiger partial charge in [-0.3, -0.25) is 0 Å². The number of hydrogen-bond acceptors (Lipinski definition) is 2. The van der Waals surface area contributed by atoms with Crippen LogP contribution in [0, 0.1) is 6.61 Å². The van der Waals surface area contributed by atoms with E-state index in [9.17, 15) is 0 Å². The van der Waals surface area contributed by atoms with Crippen molar-refractivity contribution in [1.82, 2.24) is 4.90 Å². The molecule has 1 atom stereocenters. The Hall–Kier alpha value is 0.517. The van der Waals surface area contributed by atoms with Crippen LogP contribution in [-0.4, -0.2) is 31.6 Å². The molecule has 0 aliphatic rings. The first kappa shape index (κ1) is 15.0. The monoisotopic (exact) mass is 165 g/mol. The molecule has 0 saturated carbocycles. The Morgan fingerprint density at radius 2 is 2.00 bits per heavy atom. The van der Waals surface area contributed by atoms with Gasteiger partial charge in [0.05, 0.1) is 0 Å². The molecule has 2 nitrogen and oxygen atoms in total. The zero-order valence-corrected chi connectivity index (χ0v) is 9.13. The van der Waals surface area contributed by atoms with Crippen molar-refractivity contribution in [3.05, 3.63) is 6.61 Å². The van der Waals surface area contributed by atoms with Crippen molar-refractivity contribution >= 4 is 0 Å². The normalized spacial score (nSPS) is 12.8. The van der Waals surface area contributed by atoms with Gasteiger partial charge in [-0.1, -0.05) is 13.8 Å². The van der Waals surface area contributed by atoms with Crippen molar-refractivity contribution < 1.29 is 23.6 Å². The average molecular weight is 165 g/mol. The molecule has 0 spiro atoms. The van der Waals surface area contributed by atoms with Gasteiger partial charge in [-0.25, -0.2) is 6.61 Å². The number of hydrogen-bond donors (Lipinski definition) is 0. The van der Waals surface area contributed by atoms with Gasteiger partial charge in [0, 0.05) is 6.61 Å². The molecule has 0 aromatic carbocycles. The van der Waals surface area contributed by atoms with Gasteiger partial charge in [0.25, 0.3) is 0 Å². The largest absolute Gasteiger partial charge is 1.00 e. The van der Waals surface area contributed by atoms with E-state index in [0.717, 1.165) is 19.4 Å². The van der Waals surface area contributed by atoms with E-state index < -0.39 is 0 Å². The van der Waals surface area contributed by atoms with Crippen molar-refractivity contribution in [1.29, 1.82) is 0 Å². The standard InChI is InChI=1S/C9H20NO.Li/c1-5-7-11-8-6-9(2)10(3)4;/h8-9H,5-7H2,1-4H3;/q-1;+1. The van der Waals surface area contributed by atoms with Gasteiger partial charge in [-0.15, -0.1) is 6.42 Å². The van der Waals surface area contributed by atoms with Crippen LogP contribution in [0.3, 0.4) is 0 Å². The van der Waals surface area contributed by atoms with Crippen molar-refractivity contribution in [2.24, 2.45) is 0 Å². The van der Waals surface area contributed by atoms with Crippen LogP contribution in [0.2, 0.25) is 0 Å². The van der Waals surface area contributed by atoms with Gasteiger partial charge < -0.3 is 9.64 Å². The fourth-order valence-electron chi connectivity index (χ4n) is 0.619. The molecule has 0 aromatic heterocycles. The molecule has 0 radical (unpaired) electrons. The Morgan fingerprint density at radius 3 is 2.42 bits per heavy atom. The summed E-state index contributed by atoms with van der Waals surface area (Å²) in [6.45, 7) is 7.06. The summed E-state index contributed by atoms with van der Waals surface area (Å²) < 4.78 is 5.25. The molecule has 3 heteroatoms. The second-order valence-corrected chi connectivity index (χ2v) is 3.09. The zero-order valence-electron chi connectivity index (χ0n) is 9.13. The smallest absolute Gasteiger partial charge is 0.552 e. The summed E-state index contributed by atoms with van der Waals surface area (Å²) in [6, 6.07) is 0.576. The minimum atomic E-state index is 0. The summed E-state index contributed by atoms with van der Waals surface area (Å²) in [5.74, 6) is 0. The van der Waals surface area contributed by atoms with Gasteiger partial charge in [-0.2, -0.15) is 0 Å². The summed E-state index contributed by atoms with van der Waals surface area (Å²) in [6.07, 6.45) is 2.10. The number of ether oxygens (including phenoxy) is 1. The maximum atomic E-state index is 5.25. The van der Waals surface area contributed by atoms with E-state index in [1.54, 1.807) is 0 Å². The molecule has 0 fully saturated rings. The zero-order chi connectivity index (χ0) is 8.69. The second-order valence-electron chi connectivity index (χ2n) is 3.09. The molecular weight excluding hydrogens is 145 g/mol. The first-order valence-corrected chi connectivity index (χ1v) is 4.28. The predicted molar refractivity (Wildman–Crippen MR) is 48.3 cm³/mol. The molecule has 0 aromatic rings. The quantitative estimate of drug-likeness (QED) is 0.282. The van der Waals surface area contributed by atoms with Crippen LogP contribution in [0.4, 0.5) is 0 Å². The first-order chi connectivity index (χ1) is 5.18. The van der Waals surface area contributed by atoms with E-state index in [1.807, 2.05) is 6.61 Å². The van der Waals surface area contributed by atoms with Gasteiger partial charge in [0.1, 0.15) is 0 Å². The van der Waals surface area contributed by atoms with Crippen LogP contribution in [-0.2, 0) is 4.74 Å². The molecule has 0 bridgehead atoms. The molecule has 0 aliphatic carbocycles. The summed E-state index contributed by atoms with van der Waals surface area (Å²) in [7, 11) is 4.16. The SMILES string of the molecule is CCCO[CH-]CC(C)N(C)C.[Li+]. The fraction of sp³-hybridized carbons (Fsp3) is 0.889. The molecule has 0 heterocycles. The summed E-state index contributed by atoms with van der Waals surface area (Å²) in [5.41, 5.74) is 0. The fourth-order valence-corrected chi connectivity index (χ4v) is 0.619. The van der Waals surface area contributed by atoms with Crippen LogP contribution in [0.5, 0.6) is 0 Å². The maximum Gasteiger partial charge on any atom is 1.00 e. The Labute approximate surface area is 88.8 Å². The third kappa shape index (κ3) is 8.61. The Morgan fingerprint density at radius 1 is 1.42 bits per heavy atom. The summed E-state index contributed by atoms with van der Waals surface area (Å²) in [4.78, 5) is 2.19. The molecule has 0 saturated heterocycles. The van der Waals surface area contributed by atoms with E-state index >= 15 is 0 Å². The van der Waals surface area contributed by atoms with E-state index in [0.29, 0.717) is 6.04 Å². The van der Waals surface area contributed by atoms with E-state index in [1.165, 1.54) is 0 Å². The molecule has 0 amide bonds. The number of nitrogens with zero attached hydrogens (tertiary/aromatic N) is 1. The Bertz CT molecular complexity index is 88.6. The number of rotatable bonds is 6. The van der Waals surface area contributed by atoms with Crippen LogP contribution >= 0.6 is 0 Å². The van der Waals surface area contributed by atoms with Gasteiger partial charge in [0.15, 0.2) is 0 Å². The molecule has 12 heavy (non-hydrogen) atoms. The third-order valence-corrected chi connectivity index (χ3v) is 1.76. The molecule has 1 unspecified atom stereocenters. The van der Waals surface area contributed by atoms with Crippen molar-refractivity contribution in [2.45, 2.75) is 32.7 Å². The maximum absolute atomic E-state index is 5.25. The molecule has 68 valence electrons.